The van der Waals surface area contributed by atoms with Crippen LogP contribution >= 0.6 is 0 Å². The molecule has 2 aliphatic heterocycles. The fourth-order valence-corrected chi connectivity index (χ4v) is 4.61. The fraction of sp³-hybridized carbons (Fsp3) is 0.174. The third-order valence-corrected chi connectivity index (χ3v) is 6.10. The number of amides is 2. The number of anilines is 1. The minimum absolute atomic E-state index is 0.111. The number of hydrogen-bond donors (Lipinski definition) is 2. The molecule has 11 heteroatoms. The molecule has 3 aliphatic rings. The lowest BCUT2D eigenvalue weighted by molar-refractivity contribution is -0.141. The van der Waals surface area contributed by atoms with Gasteiger partial charge < -0.3 is 10.2 Å². The van der Waals surface area contributed by atoms with Gasteiger partial charge in [-0.3, -0.25) is 19.4 Å². The minimum atomic E-state index is -4.74. The van der Waals surface area contributed by atoms with Gasteiger partial charge in [0.2, 0.25) is 11.8 Å². The van der Waals surface area contributed by atoms with Crippen molar-refractivity contribution in [1.82, 2.24) is 0 Å². The molecule has 2 aromatic rings. The molecule has 0 aromatic heterocycles. The van der Waals surface area contributed by atoms with E-state index in [1.165, 1.54) is 12.1 Å². The lowest BCUT2D eigenvalue weighted by Gasteiger charge is -2.18. The number of alkyl halides is 3. The Morgan fingerprint density at radius 1 is 0.971 bits per heavy atom. The second-order valence-electron chi connectivity index (χ2n) is 7.96. The van der Waals surface area contributed by atoms with Gasteiger partial charge in [-0.25, -0.2) is 9.69 Å². The molecular weight excluding hydrogens is 457 g/mol. The van der Waals surface area contributed by atoms with E-state index in [4.69, 9.17) is 0 Å². The SMILES string of the molecule is O=C1C(C2=N[C@@H](C(=O)O)[C@H]3C(=O)N(c4cccc(C(F)(F)F)c4)C(=O)[C@H]23)=C(O)c2ccccc21. The van der Waals surface area contributed by atoms with E-state index in [9.17, 15) is 42.6 Å². The predicted octanol–water partition coefficient (Wildman–Crippen LogP) is 2.88. The Balaban J connectivity index is 1.62. The highest BCUT2D eigenvalue weighted by molar-refractivity contribution is 6.42. The van der Waals surface area contributed by atoms with Gasteiger partial charge in [-0.05, 0) is 18.2 Å². The summed E-state index contributed by atoms with van der Waals surface area (Å²) in [6.07, 6.45) is -4.74. The van der Waals surface area contributed by atoms with Crippen LogP contribution in [0.1, 0.15) is 21.5 Å². The van der Waals surface area contributed by atoms with Crippen LogP contribution in [0.5, 0.6) is 0 Å². The zero-order valence-corrected chi connectivity index (χ0v) is 16.9. The number of aliphatic hydroxyl groups excluding tert-OH is 1. The maximum atomic E-state index is 13.3. The standard InChI is InChI=1S/C23H13F3N2O6/c24-23(25,26)9-4-3-5-10(8-9)28-20(31)13-14(21(28)32)17(22(33)34)27-16(13)15-18(29)11-6-1-2-7-12(11)19(15)30/h1-8,13-14,17,29H,(H,33,34)/t13-,14-,17+/m0/s1. The summed E-state index contributed by atoms with van der Waals surface area (Å²) in [6, 6.07) is 7.73. The molecule has 1 saturated heterocycles. The maximum absolute atomic E-state index is 13.3. The van der Waals surface area contributed by atoms with Crippen LogP contribution in [0.15, 0.2) is 59.1 Å². The van der Waals surface area contributed by atoms with Crippen molar-refractivity contribution in [1.29, 1.82) is 0 Å². The molecule has 5 rings (SSSR count). The van der Waals surface area contributed by atoms with E-state index in [0.29, 0.717) is 11.0 Å². The highest BCUT2D eigenvalue weighted by Gasteiger charge is 2.61. The van der Waals surface area contributed by atoms with Crippen molar-refractivity contribution in [3.8, 4) is 0 Å². The number of hydrogen-bond acceptors (Lipinski definition) is 6. The van der Waals surface area contributed by atoms with Crippen molar-refractivity contribution in [3.05, 3.63) is 70.8 Å². The highest BCUT2D eigenvalue weighted by Crippen LogP contribution is 2.44. The Morgan fingerprint density at radius 3 is 2.26 bits per heavy atom. The molecule has 0 radical (unpaired) electrons. The lowest BCUT2D eigenvalue weighted by Crippen LogP contribution is -2.36. The zero-order chi connectivity index (χ0) is 24.5. The molecule has 2 N–H and O–H groups in total. The molecule has 0 saturated carbocycles. The Hall–Kier alpha value is -4.28. The average molecular weight is 470 g/mol. The number of imide groups is 1. The number of benzene rings is 2. The minimum Gasteiger partial charge on any atom is -0.506 e. The summed E-state index contributed by atoms with van der Waals surface area (Å²) in [5.41, 5.74) is -1.99. The monoisotopic (exact) mass is 470 g/mol. The van der Waals surface area contributed by atoms with Gasteiger partial charge in [-0.1, -0.05) is 30.3 Å². The number of carbonyl (C=O) groups is 4. The zero-order valence-electron chi connectivity index (χ0n) is 16.9. The number of Topliss-reactive ketones (excluding diaryl/α,β-unsaturated/α-hetero) is 1. The van der Waals surface area contributed by atoms with Crippen LogP contribution in [0, 0.1) is 11.8 Å². The summed E-state index contributed by atoms with van der Waals surface area (Å²) in [7, 11) is 0. The van der Waals surface area contributed by atoms with Gasteiger partial charge in [0, 0.05) is 11.1 Å². The van der Waals surface area contributed by atoms with Crippen molar-refractivity contribution in [3.63, 3.8) is 0 Å². The largest absolute Gasteiger partial charge is 0.506 e. The van der Waals surface area contributed by atoms with E-state index in [2.05, 4.69) is 4.99 Å². The Morgan fingerprint density at radius 2 is 1.65 bits per heavy atom. The van der Waals surface area contributed by atoms with Crippen molar-refractivity contribution in [2.45, 2.75) is 12.2 Å². The molecule has 2 aromatic carbocycles. The Labute approximate surface area is 188 Å². The first-order chi connectivity index (χ1) is 16.0. The number of aliphatic imine (C=N–C) groups is 1. The first kappa shape index (κ1) is 21.6. The van der Waals surface area contributed by atoms with Gasteiger partial charge in [-0.15, -0.1) is 0 Å². The number of aliphatic hydroxyl groups is 1. The molecule has 3 atom stereocenters. The van der Waals surface area contributed by atoms with E-state index < -0.39 is 64.5 Å². The average Bonchev–Trinajstić information content (AvgIpc) is 3.38. The lowest BCUT2D eigenvalue weighted by atomic mass is 9.85. The van der Waals surface area contributed by atoms with Crippen LogP contribution in [0.3, 0.4) is 0 Å². The molecule has 34 heavy (non-hydrogen) atoms. The van der Waals surface area contributed by atoms with Crippen LogP contribution in [0.4, 0.5) is 18.9 Å². The number of carboxylic acid groups (broad SMARTS) is 1. The highest BCUT2D eigenvalue weighted by atomic mass is 19.4. The number of allylic oxidation sites excluding steroid dienone is 1. The fourth-order valence-electron chi connectivity index (χ4n) is 4.61. The van der Waals surface area contributed by atoms with Crippen molar-refractivity contribution in [2.75, 3.05) is 4.90 Å². The molecule has 1 fully saturated rings. The van der Waals surface area contributed by atoms with Gasteiger partial charge in [0.25, 0.3) is 0 Å². The van der Waals surface area contributed by atoms with Gasteiger partial charge >= 0.3 is 12.1 Å². The quantitative estimate of drug-likeness (QED) is 0.665. The first-order valence-corrected chi connectivity index (χ1v) is 9.95. The van der Waals surface area contributed by atoms with Crippen LogP contribution in [0.2, 0.25) is 0 Å². The Kier molecular flexibility index (Phi) is 4.51. The number of fused-ring (bicyclic) bond motifs is 2. The molecule has 2 heterocycles. The summed E-state index contributed by atoms with van der Waals surface area (Å²) in [5, 5.41) is 20.3. The maximum Gasteiger partial charge on any atom is 0.416 e. The van der Waals surface area contributed by atoms with Crippen molar-refractivity contribution in [2.24, 2.45) is 16.8 Å². The number of halogens is 3. The molecule has 8 nitrogen and oxygen atoms in total. The number of carbonyl (C=O) groups excluding carboxylic acids is 3. The predicted molar refractivity (Wildman–Crippen MR) is 110 cm³/mol. The summed E-state index contributed by atoms with van der Waals surface area (Å²) in [5.74, 6) is -7.98. The second kappa shape index (κ2) is 7.11. The Bertz CT molecular complexity index is 1380. The van der Waals surface area contributed by atoms with Crippen molar-refractivity contribution >= 4 is 40.7 Å². The third-order valence-electron chi connectivity index (χ3n) is 6.10. The smallest absolute Gasteiger partial charge is 0.416 e. The number of nitrogens with zero attached hydrogens (tertiary/aromatic N) is 2. The first-order valence-electron chi connectivity index (χ1n) is 9.95. The van der Waals surface area contributed by atoms with Gasteiger partial charge in [0.05, 0.1) is 34.4 Å². The molecule has 0 spiro atoms. The van der Waals surface area contributed by atoms with Gasteiger partial charge in [0.15, 0.2) is 11.8 Å². The van der Waals surface area contributed by atoms with E-state index >= 15 is 0 Å². The molecule has 172 valence electrons. The molecule has 0 bridgehead atoms. The second-order valence-corrected chi connectivity index (χ2v) is 7.96. The van der Waals surface area contributed by atoms with E-state index in [0.717, 1.165) is 18.2 Å². The van der Waals surface area contributed by atoms with Crippen LogP contribution in [0.25, 0.3) is 5.76 Å². The summed E-state index contributed by atoms with van der Waals surface area (Å²) < 4.78 is 39.5. The van der Waals surface area contributed by atoms with Crippen molar-refractivity contribution < 1.29 is 42.6 Å². The summed E-state index contributed by atoms with van der Waals surface area (Å²) in [6.45, 7) is 0. The summed E-state index contributed by atoms with van der Waals surface area (Å²) in [4.78, 5) is 55.7. The topological polar surface area (TPSA) is 124 Å². The molecule has 2 amide bonds. The van der Waals surface area contributed by atoms with Gasteiger partial charge in [-0.2, -0.15) is 13.2 Å². The van der Waals surface area contributed by atoms with Crippen LogP contribution in [-0.4, -0.2) is 45.5 Å². The van der Waals surface area contributed by atoms with Crippen LogP contribution in [-0.2, 0) is 20.6 Å². The number of aliphatic carboxylic acids is 1. The molecular formula is C23H13F3N2O6. The van der Waals surface area contributed by atoms with E-state index in [-0.39, 0.29) is 22.5 Å². The van der Waals surface area contributed by atoms with E-state index in [1.54, 1.807) is 12.1 Å². The number of rotatable bonds is 3. The third kappa shape index (κ3) is 2.89. The van der Waals surface area contributed by atoms with E-state index in [1.807, 2.05) is 0 Å². The summed E-state index contributed by atoms with van der Waals surface area (Å²) >= 11 is 0. The normalized spacial score (nSPS) is 24.0. The molecule has 1 aliphatic carbocycles. The number of ketones is 1. The molecule has 0 unspecified atom stereocenters. The van der Waals surface area contributed by atoms with Crippen LogP contribution < -0.4 is 4.90 Å². The number of carboxylic acids is 1. The van der Waals surface area contributed by atoms with Gasteiger partial charge in [0.1, 0.15) is 5.76 Å².